The van der Waals surface area contributed by atoms with Gasteiger partial charge in [-0.3, -0.25) is 4.68 Å². The van der Waals surface area contributed by atoms with Crippen LogP contribution in [0.2, 0.25) is 5.02 Å². The van der Waals surface area contributed by atoms with Crippen LogP contribution in [0.3, 0.4) is 0 Å². The highest BCUT2D eigenvalue weighted by atomic mass is 35.5. The summed E-state index contributed by atoms with van der Waals surface area (Å²) in [6.45, 7) is 4.15. The van der Waals surface area contributed by atoms with Crippen molar-refractivity contribution < 1.29 is 9.13 Å². The molecule has 4 aromatic rings. The van der Waals surface area contributed by atoms with Gasteiger partial charge in [-0.1, -0.05) is 18.5 Å². The van der Waals surface area contributed by atoms with Gasteiger partial charge in [0.1, 0.15) is 17.2 Å². The van der Waals surface area contributed by atoms with Gasteiger partial charge in [0.15, 0.2) is 0 Å². The van der Waals surface area contributed by atoms with E-state index in [0.717, 1.165) is 46.3 Å². The zero-order chi connectivity index (χ0) is 25.6. The van der Waals surface area contributed by atoms with Crippen molar-refractivity contribution in [3.63, 3.8) is 0 Å². The highest BCUT2D eigenvalue weighted by molar-refractivity contribution is 6.31. The molecule has 1 fully saturated rings. The van der Waals surface area contributed by atoms with Crippen molar-refractivity contribution >= 4 is 22.6 Å². The van der Waals surface area contributed by atoms with Gasteiger partial charge in [0.05, 0.1) is 24.4 Å². The van der Waals surface area contributed by atoms with E-state index in [4.69, 9.17) is 26.4 Å². The smallest absolute Gasteiger partial charge is 0.142 e. The van der Waals surface area contributed by atoms with E-state index in [1.165, 1.54) is 18.9 Å². The predicted octanol–water partition coefficient (Wildman–Crippen LogP) is 6.73. The van der Waals surface area contributed by atoms with Crippen LogP contribution in [0.4, 0.5) is 4.39 Å². The first-order valence-corrected chi connectivity index (χ1v) is 12.9. The molecule has 3 heterocycles. The first-order valence-electron chi connectivity index (χ1n) is 12.5. The lowest BCUT2D eigenvalue weighted by molar-refractivity contribution is 0.188. The monoisotopic (exact) mass is 509 g/mol. The Morgan fingerprint density at radius 2 is 1.94 bits per heavy atom. The molecule has 0 spiro atoms. The number of halogens is 2. The molecule has 1 aliphatic rings. The summed E-state index contributed by atoms with van der Waals surface area (Å²) in [5, 5.41) is 5.85. The summed E-state index contributed by atoms with van der Waals surface area (Å²) >= 11 is 6.40. The minimum absolute atomic E-state index is 0.0847. The first-order chi connectivity index (χ1) is 17.3. The summed E-state index contributed by atoms with van der Waals surface area (Å²) in [5.74, 6) is -0.0984. The topological polar surface area (TPSA) is 59.0 Å². The summed E-state index contributed by atoms with van der Waals surface area (Å²) < 4.78 is 22.0. The second kappa shape index (κ2) is 9.87. The van der Waals surface area contributed by atoms with Crippen molar-refractivity contribution in [1.82, 2.24) is 24.6 Å². The maximum atomic E-state index is 14.3. The van der Waals surface area contributed by atoms with Crippen LogP contribution in [-0.2, 0) is 0 Å². The van der Waals surface area contributed by atoms with E-state index in [0.29, 0.717) is 23.4 Å². The maximum Gasteiger partial charge on any atom is 0.142 e. The third-order valence-corrected chi connectivity index (χ3v) is 8.26. The second-order valence-electron chi connectivity index (χ2n) is 10.1. The number of hydrogen-bond donors (Lipinski definition) is 1. The number of nitrogens with zero attached hydrogens (tertiary/aromatic N) is 4. The van der Waals surface area contributed by atoms with Crippen molar-refractivity contribution in [3.8, 4) is 16.9 Å². The molecule has 36 heavy (non-hydrogen) atoms. The Morgan fingerprint density at radius 1 is 1.19 bits per heavy atom. The average Bonchev–Trinajstić information content (AvgIpc) is 3.48. The number of nitrogens with one attached hydrogen (secondary N) is 1. The molecule has 0 radical (unpaired) electrons. The van der Waals surface area contributed by atoms with Gasteiger partial charge in [-0.2, -0.15) is 5.10 Å². The molecule has 1 N–H and O–H groups in total. The van der Waals surface area contributed by atoms with Crippen LogP contribution in [0.5, 0.6) is 5.75 Å². The number of methoxy groups -OCH3 is 1. The third kappa shape index (κ3) is 4.28. The Labute approximate surface area is 216 Å². The largest absolute Gasteiger partial charge is 0.496 e. The standard InChI is InChI=1S/C28H33ClFN5O/c1-16(26-25(36-5)11-10-24(30)27(26)29)22-14-32-28-21(22)12-18(13-31-28)23-15-33-35(17(23)2)20-8-6-19(7-9-20)34(3)4/h10-16,19-20H,6-9H2,1-5H3,(H,31,32)/t16-,19-,20-/m0/s1. The van der Waals surface area contributed by atoms with E-state index < -0.39 is 5.82 Å². The summed E-state index contributed by atoms with van der Waals surface area (Å²) in [4.78, 5) is 10.3. The molecule has 0 unspecified atom stereocenters. The Balaban J connectivity index is 1.49. The minimum Gasteiger partial charge on any atom is -0.496 e. The summed E-state index contributed by atoms with van der Waals surface area (Å²) in [6.07, 6.45) is 10.4. The molecule has 6 nitrogen and oxygen atoms in total. The molecular weight excluding hydrogens is 477 g/mol. The number of ether oxygens (including phenoxy) is 1. The molecule has 1 saturated carbocycles. The van der Waals surface area contributed by atoms with Gasteiger partial charge >= 0.3 is 0 Å². The van der Waals surface area contributed by atoms with Gasteiger partial charge in [0.2, 0.25) is 0 Å². The highest BCUT2D eigenvalue weighted by Gasteiger charge is 2.26. The van der Waals surface area contributed by atoms with Crippen molar-refractivity contribution in [2.24, 2.45) is 0 Å². The molecule has 3 aromatic heterocycles. The van der Waals surface area contributed by atoms with Crippen molar-refractivity contribution in [2.45, 2.75) is 57.5 Å². The van der Waals surface area contributed by atoms with E-state index in [1.54, 1.807) is 13.2 Å². The van der Waals surface area contributed by atoms with E-state index in [2.05, 4.69) is 41.7 Å². The van der Waals surface area contributed by atoms with Crippen LogP contribution < -0.4 is 4.74 Å². The van der Waals surface area contributed by atoms with E-state index >= 15 is 0 Å². The molecule has 0 bridgehead atoms. The first kappa shape index (κ1) is 24.8. The number of pyridine rings is 1. The Hall–Kier alpha value is -2.90. The SMILES string of the molecule is COc1ccc(F)c(Cl)c1[C@@H](C)c1c[nH]c2ncc(-c3cnn([C@H]4CC[C@H](N(C)C)CC4)c3C)cc12. The van der Waals surface area contributed by atoms with Gasteiger partial charge in [0.25, 0.3) is 0 Å². The summed E-state index contributed by atoms with van der Waals surface area (Å²) in [6, 6.07) is 6.18. The fourth-order valence-corrected chi connectivity index (χ4v) is 6.03. The Kier molecular flexibility index (Phi) is 6.79. The van der Waals surface area contributed by atoms with Crippen LogP contribution in [0.25, 0.3) is 22.2 Å². The van der Waals surface area contributed by atoms with Gasteiger partial charge in [0, 0.05) is 52.1 Å². The zero-order valence-electron chi connectivity index (χ0n) is 21.5. The predicted molar refractivity (Wildman–Crippen MR) is 143 cm³/mol. The second-order valence-corrected chi connectivity index (χ2v) is 10.5. The van der Waals surface area contributed by atoms with Crippen molar-refractivity contribution in [2.75, 3.05) is 21.2 Å². The third-order valence-electron chi connectivity index (χ3n) is 7.87. The minimum atomic E-state index is -0.458. The fourth-order valence-electron chi connectivity index (χ4n) is 5.71. The Bertz CT molecular complexity index is 1390. The van der Waals surface area contributed by atoms with Crippen molar-refractivity contribution in [1.29, 1.82) is 0 Å². The van der Waals surface area contributed by atoms with Gasteiger partial charge < -0.3 is 14.6 Å². The molecule has 0 aliphatic heterocycles. The number of rotatable bonds is 6. The quantitative estimate of drug-likeness (QED) is 0.313. The molecule has 5 rings (SSSR count). The zero-order valence-corrected chi connectivity index (χ0v) is 22.2. The molecular formula is C28H33ClFN5O. The van der Waals surface area contributed by atoms with Crippen LogP contribution in [0.15, 0.2) is 36.8 Å². The molecule has 0 amide bonds. The molecule has 8 heteroatoms. The highest BCUT2D eigenvalue weighted by Crippen LogP contribution is 2.41. The molecule has 1 aliphatic carbocycles. The van der Waals surface area contributed by atoms with Gasteiger partial charge in [-0.25, -0.2) is 9.37 Å². The number of hydrogen-bond acceptors (Lipinski definition) is 4. The lowest BCUT2D eigenvalue weighted by atomic mass is 9.90. The van der Waals surface area contributed by atoms with E-state index in [-0.39, 0.29) is 10.9 Å². The number of fused-ring (bicyclic) bond motifs is 1. The molecule has 190 valence electrons. The normalized spacial score (nSPS) is 19.2. The van der Waals surface area contributed by atoms with Crippen LogP contribution in [0.1, 0.15) is 61.4 Å². The number of aromatic amines is 1. The summed E-state index contributed by atoms with van der Waals surface area (Å²) in [7, 11) is 5.90. The van der Waals surface area contributed by atoms with E-state index in [1.807, 2.05) is 25.5 Å². The average molecular weight is 510 g/mol. The number of benzene rings is 1. The van der Waals surface area contributed by atoms with Crippen LogP contribution in [0, 0.1) is 12.7 Å². The fraction of sp³-hybridized carbons (Fsp3) is 0.429. The van der Waals surface area contributed by atoms with Crippen molar-refractivity contribution in [3.05, 3.63) is 64.5 Å². The maximum absolute atomic E-state index is 14.3. The number of H-pyrrole nitrogens is 1. The van der Waals surface area contributed by atoms with E-state index in [9.17, 15) is 4.39 Å². The van der Waals surface area contributed by atoms with Crippen LogP contribution >= 0.6 is 11.6 Å². The molecule has 0 saturated heterocycles. The lowest BCUT2D eigenvalue weighted by Gasteiger charge is -2.33. The Morgan fingerprint density at radius 3 is 2.64 bits per heavy atom. The van der Waals surface area contributed by atoms with Gasteiger partial charge in [-0.15, -0.1) is 0 Å². The summed E-state index contributed by atoms with van der Waals surface area (Å²) in [5.41, 5.74) is 5.64. The number of aromatic nitrogens is 4. The van der Waals surface area contributed by atoms with Crippen LogP contribution in [-0.4, -0.2) is 51.9 Å². The molecule has 1 aromatic carbocycles. The lowest BCUT2D eigenvalue weighted by Crippen LogP contribution is -2.33. The molecule has 1 atom stereocenters. The van der Waals surface area contributed by atoms with Gasteiger partial charge in [-0.05, 0) is 70.5 Å².